The molecule has 1 aromatic heterocycles. The minimum absolute atomic E-state index is 0.243. The van der Waals surface area contributed by atoms with Crippen LogP contribution in [0.1, 0.15) is 11.4 Å². The number of hydrogen-bond donors (Lipinski definition) is 0. The monoisotopic (exact) mass is 358 g/mol. The van der Waals surface area contributed by atoms with Gasteiger partial charge in [-0.2, -0.15) is 0 Å². The van der Waals surface area contributed by atoms with Gasteiger partial charge >= 0.3 is 0 Å². The first-order valence-corrected chi connectivity index (χ1v) is 7.87. The number of para-hydroxylation sites is 1. The van der Waals surface area contributed by atoms with Crippen LogP contribution in [0.25, 0.3) is 16.7 Å². The standard InChI is InChI=1S/C15H10Cl4N2/c1-8-5-11(19)13(6-10(8)18)21-14(7-16)20-12-4-2-3-9(17)15(12)21/h2-6H,7H2,1H3. The molecule has 0 spiro atoms. The molecule has 0 aliphatic heterocycles. The van der Waals surface area contributed by atoms with E-state index in [4.69, 9.17) is 46.4 Å². The van der Waals surface area contributed by atoms with E-state index in [1.54, 1.807) is 6.07 Å². The molecule has 1 heterocycles. The summed E-state index contributed by atoms with van der Waals surface area (Å²) in [5, 5.41) is 1.79. The fourth-order valence-corrected chi connectivity index (χ4v) is 3.18. The predicted molar refractivity (Wildman–Crippen MR) is 90.4 cm³/mol. The maximum atomic E-state index is 6.38. The van der Waals surface area contributed by atoms with Crippen molar-refractivity contribution in [1.29, 1.82) is 0 Å². The first kappa shape index (κ1) is 15.0. The van der Waals surface area contributed by atoms with Gasteiger partial charge in [-0.25, -0.2) is 4.98 Å². The Morgan fingerprint density at radius 1 is 1.05 bits per heavy atom. The van der Waals surface area contributed by atoms with Crippen LogP contribution in [0.15, 0.2) is 30.3 Å². The first-order chi connectivity index (χ1) is 10.0. The van der Waals surface area contributed by atoms with Gasteiger partial charge in [0.05, 0.1) is 32.6 Å². The smallest absolute Gasteiger partial charge is 0.129 e. The lowest BCUT2D eigenvalue weighted by Crippen LogP contribution is -2.01. The third-order valence-electron chi connectivity index (χ3n) is 3.29. The van der Waals surface area contributed by atoms with Crippen LogP contribution in [0.5, 0.6) is 0 Å². The van der Waals surface area contributed by atoms with E-state index in [1.165, 1.54) is 0 Å². The highest BCUT2D eigenvalue weighted by molar-refractivity contribution is 6.36. The Kier molecular flexibility index (Phi) is 4.06. The zero-order valence-electron chi connectivity index (χ0n) is 11.0. The summed E-state index contributed by atoms with van der Waals surface area (Å²) < 4.78 is 1.86. The van der Waals surface area contributed by atoms with Crippen LogP contribution in [0.3, 0.4) is 0 Å². The summed E-state index contributed by atoms with van der Waals surface area (Å²) in [7, 11) is 0. The number of halogens is 4. The molecule has 0 aliphatic rings. The number of benzene rings is 2. The van der Waals surface area contributed by atoms with Gasteiger partial charge in [-0.05, 0) is 36.8 Å². The summed E-state index contributed by atoms with van der Waals surface area (Å²) in [5.41, 5.74) is 3.18. The maximum absolute atomic E-state index is 6.38. The number of hydrogen-bond acceptors (Lipinski definition) is 1. The second-order valence-electron chi connectivity index (χ2n) is 4.66. The van der Waals surface area contributed by atoms with Gasteiger partial charge in [0.2, 0.25) is 0 Å². The van der Waals surface area contributed by atoms with Crippen LogP contribution in [-0.2, 0) is 5.88 Å². The molecule has 0 amide bonds. The average Bonchev–Trinajstić information content (AvgIpc) is 2.82. The summed E-state index contributed by atoms with van der Waals surface area (Å²) in [4.78, 5) is 4.51. The minimum atomic E-state index is 0.243. The topological polar surface area (TPSA) is 17.8 Å². The van der Waals surface area contributed by atoms with E-state index < -0.39 is 0 Å². The molecular weight excluding hydrogens is 350 g/mol. The van der Waals surface area contributed by atoms with Crippen molar-refractivity contribution < 1.29 is 0 Å². The Morgan fingerprint density at radius 3 is 2.52 bits per heavy atom. The highest BCUT2D eigenvalue weighted by atomic mass is 35.5. The Labute approximate surface area is 142 Å². The van der Waals surface area contributed by atoms with Crippen molar-refractivity contribution in [3.63, 3.8) is 0 Å². The fourth-order valence-electron chi connectivity index (χ4n) is 2.29. The molecule has 0 radical (unpaired) electrons. The molecule has 0 saturated carbocycles. The van der Waals surface area contributed by atoms with Crippen LogP contribution in [0.2, 0.25) is 15.1 Å². The number of rotatable bonds is 2. The van der Waals surface area contributed by atoms with Crippen molar-refractivity contribution >= 4 is 57.4 Å². The van der Waals surface area contributed by atoms with Gasteiger partial charge < -0.3 is 0 Å². The van der Waals surface area contributed by atoms with Crippen molar-refractivity contribution in [2.24, 2.45) is 0 Å². The number of imidazole rings is 1. The molecule has 6 heteroatoms. The number of aromatic nitrogens is 2. The highest BCUT2D eigenvalue weighted by Crippen LogP contribution is 2.34. The van der Waals surface area contributed by atoms with Gasteiger partial charge in [-0.3, -0.25) is 4.57 Å². The fraction of sp³-hybridized carbons (Fsp3) is 0.133. The molecule has 0 N–H and O–H groups in total. The highest BCUT2D eigenvalue weighted by Gasteiger charge is 2.17. The van der Waals surface area contributed by atoms with Crippen LogP contribution < -0.4 is 0 Å². The molecule has 0 fully saturated rings. The Bertz CT molecular complexity index is 839. The van der Waals surface area contributed by atoms with E-state index in [-0.39, 0.29) is 5.88 Å². The molecule has 0 unspecified atom stereocenters. The quantitative estimate of drug-likeness (QED) is 0.510. The van der Waals surface area contributed by atoms with E-state index in [9.17, 15) is 0 Å². The first-order valence-electron chi connectivity index (χ1n) is 6.20. The molecule has 0 aliphatic carbocycles. The number of fused-ring (bicyclic) bond motifs is 1. The number of alkyl halides is 1. The second-order valence-corrected chi connectivity index (χ2v) is 6.15. The van der Waals surface area contributed by atoms with Gasteiger partial charge in [0.1, 0.15) is 5.82 Å². The van der Waals surface area contributed by atoms with Gasteiger partial charge in [-0.15, -0.1) is 11.6 Å². The van der Waals surface area contributed by atoms with Gasteiger partial charge in [0.15, 0.2) is 0 Å². The van der Waals surface area contributed by atoms with Gasteiger partial charge in [-0.1, -0.05) is 40.9 Å². The summed E-state index contributed by atoms with van der Waals surface area (Å²) >= 11 is 25.0. The van der Waals surface area contributed by atoms with E-state index in [0.29, 0.717) is 20.9 Å². The molecule has 2 nitrogen and oxygen atoms in total. The molecule has 108 valence electrons. The van der Waals surface area contributed by atoms with E-state index >= 15 is 0 Å². The lowest BCUT2D eigenvalue weighted by Gasteiger charge is -2.12. The van der Waals surface area contributed by atoms with E-state index in [0.717, 1.165) is 22.3 Å². The van der Waals surface area contributed by atoms with Crippen molar-refractivity contribution in [2.75, 3.05) is 0 Å². The Hall–Kier alpha value is -0.930. The number of aryl methyl sites for hydroxylation is 1. The lowest BCUT2D eigenvalue weighted by molar-refractivity contribution is 0.981. The van der Waals surface area contributed by atoms with Crippen molar-refractivity contribution in [3.8, 4) is 5.69 Å². The Balaban J connectivity index is 2.41. The zero-order chi connectivity index (χ0) is 15.1. The largest absolute Gasteiger partial charge is 0.292 e. The summed E-state index contributed by atoms with van der Waals surface area (Å²) in [6, 6.07) is 9.17. The van der Waals surface area contributed by atoms with Crippen LogP contribution in [0.4, 0.5) is 0 Å². The maximum Gasteiger partial charge on any atom is 0.129 e. The summed E-state index contributed by atoms with van der Waals surface area (Å²) in [5.74, 6) is 0.911. The molecular formula is C15H10Cl4N2. The average molecular weight is 360 g/mol. The Morgan fingerprint density at radius 2 is 1.81 bits per heavy atom. The second kappa shape index (κ2) is 5.69. The lowest BCUT2D eigenvalue weighted by atomic mass is 10.2. The van der Waals surface area contributed by atoms with Gasteiger partial charge in [0.25, 0.3) is 0 Å². The molecule has 0 atom stereocenters. The van der Waals surface area contributed by atoms with Crippen LogP contribution in [-0.4, -0.2) is 9.55 Å². The minimum Gasteiger partial charge on any atom is -0.292 e. The van der Waals surface area contributed by atoms with Crippen molar-refractivity contribution in [2.45, 2.75) is 12.8 Å². The van der Waals surface area contributed by atoms with Crippen molar-refractivity contribution in [1.82, 2.24) is 9.55 Å². The van der Waals surface area contributed by atoms with Crippen molar-refractivity contribution in [3.05, 3.63) is 56.8 Å². The molecule has 2 aromatic carbocycles. The third-order valence-corrected chi connectivity index (χ3v) is 4.54. The van der Waals surface area contributed by atoms with Gasteiger partial charge in [0, 0.05) is 5.02 Å². The zero-order valence-corrected chi connectivity index (χ0v) is 14.0. The van der Waals surface area contributed by atoms with Crippen LogP contribution in [0, 0.1) is 6.92 Å². The predicted octanol–water partition coefficient (Wildman–Crippen LogP) is 6.03. The summed E-state index contributed by atoms with van der Waals surface area (Å²) in [6.45, 7) is 1.90. The molecule has 3 rings (SSSR count). The van der Waals surface area contributed by atoms with E-state index in [2.05, 4.69) is 4.98 Å². The molecule has 21 heavy (non-hydrogen) atoms. The molecule has 3 aromatic rings. The molecule has 0 saturated heterocycles. The van der Waals surface area contributed by atoms with E-state index in [1.807, 2.05) is 35.8 Å². The summed E-state index contributed by atoms with van der Waals surface area (Å²) in [6.07, 6.45) is 0. The number of nitrogens with zero attached hydrogens (tertiary/aromatic N) is 2. The SMILES string of the molecule is Cc1cc(Cl)c(-n2c(CCl)nc3cccc(Cl)c32)cc1Cl. The van der Waals surface area contributed by atoms with Crippen LogP contribution >= 0.6 is 46.4 Å². The normalized spacial score (nSPS) is 11.3. The molecule has 0 bridgehead atoms. The third kappa shape index (κ3) is 2.51.